The number of hydrogen-bond donors (Lipinski definition) is 2. The standard InChI is InChI=1S/C22H21N3O4/c1-13-18-9-4-5-10-19(18)23-14(2)21(13)22(28)29-12-20(27)25-17-8-6-7-16(11-17)24-15(3)26/h4-11H,12H2,1-3H3,(H,24,26)(H,25,27). The SMILES string of the molecule is CC(=O)Nc1cccc(NC(=O)COC(=O)c2c(C)nc3ccccc3c2C)c1. The van der Waals surface area contributed by atoms with Gasteiger partial charge in [-0.2, -0.15) is 0 Å². The molecule has 7 nitrogen and oxygen atoms in total. The van der Waals surface area contributed by atoms with Crippen molar-refractivity contribution in [2.24, 2.45) is 0 Å². The quantitative estimate of drug-likeness (QED) is 0.648. The van der Waals surface area contributed by atoms with Crippen molar-refractivity contribution < 1.29 is 19.1 Å². The van der Waals surface area contributed by atoms with Crippen LogP contribution in [0.4, 0.5) is 11.4 Å². The lowest BCUT2D eigenvalue weighted by molar-refractivity contribution is -0.119. The third kappa shape index (κ3) is 4.76. The topological polar surface area (TPSA) is 97.4 Å². The summed E-state index contributed by atoms with van der Waals surface area (Å²) in [5.74, 6) is -1.29. The zero-order valence-electron chi connectivity index (χ0n) is 16.4. The van der Waals surface area contributed by atoms with E-state index in [0.29, 0.717) is 22.6 Å². The lowest BCUT2D eigenvalue weighted by atomic mass is 10.0. The van der Waals surface area contributed by atoms with Gasteiger partial charge in [0, 0.05) is 23.7 Å². The second-order valence-electron chi connectivity index (χ2n) is 6.60. The first kappa shape index (κ1) is 20.0. The van der Waals surface area contributed by atoms with Gasteiger partial charge in [-0.05, 0) is 43.7 Å². The molecule has 0 spiro atoms. The van der Waals surface area contributed by atoms with Crippen molar-refractivity contribution in [3.05, 3.63) is 65.4 Å². The number of hydrogen-bond acceptors (Lipinski definition) is 5. The number of benzene rings is 2. The Hall–Kier alpha value is -3.74. The maximum Gasteiger partial charge on any atom is 0.340 e. The minimum Gasteiger partial charge on any atom is -0.452 e. The number of ether oxygens (including phenoxy) is 1. The predicted octanol–water partition coefficient (Wildman–Crippen LogP) is 3.61. The van der Waals surface area contributed by atoms with Crippen LogP contribution in [-0.2, 0) is 14.3 Å². The number of amides is 2. The summed E-state index contributed by atoms with van der Waals surface area (Å²) in [5, 5.41) is 6.14. The number of para-hydroxylation sites is 1. The summed E-state index contributed by atoms with van der Waals surface area (Å²) in [4.78, 5) is 40.3. The Kier molecular flexibility index (Phi) is 5.87. The van der Waals surface area contributed by atoms with E-state index in [4.69, 9.17) is 4.74 Å². The van der Waals surface area contributed by atoms with Crippen LogP contribution in [0.25, 0.3) is 10.9 Å². The van der Waals surface area contributed by atoms with Crippen LogP contribution < -0.4 is 10.6 Å². The third-order valence-corrected chi connectivity index (χ3v) is 4.34. The average Bonchev–Trinajstić information content (AvgIpc) is 2.66. The monoisotopic (exact) mass is 391 g/mol. The van der Waals surface area contributed by atoms with Gasteiger partial charge in [0.25, 0.3) is 5.91 Å². The zero-order chi connectivity index (χ0) is 21.0. The summed E-state index contributed by atoms with van der Waals surface area (Å²) in [6.45, 7) is 4.54. The molecule has 1 aromatic heterocycles. The van der Waals surface area contributed by atoms with Crippen LogP contribution in [0.15, 0.2) is 48.5 Å². The molecule has 0 saturated heterocycles. The van der Waals surface area contributed by atoms with Crippen molar-refractivity contribution in [1.82, 2.24) is 4.98 Å². The van der Waals surface area contributed by atoms with E-state index in [9.17, 15) is 14.4 Å². The molecular weight excluding hydrogens is 370 g/mol. The van der Waals surface area contributed by atoms with Crippen LogP contribution in [0.5, 0.6) is 0 Å². The summed E-state index contributed by atoms with van der Waals surface area (Å²) in [6.07, 6.45) is 0. The molecule has 0 unspecified atom stereocenters. The number of nitrogens with zero attached hydrogens (tertiary/aromatic N) is 1. The van der Waals surface area contributed by atoms with Gasteiger partial charge in [0.2, 0.25) is 5.91 Å². The highest BCUT2D eigenvalue weighted by molar-refractivity contribution is 6.00. The Morgan fingerprint density at radius 2 is 1.66 bits per heavy atom. The van der Waals surface area contributed by atoms with Crippen LogP contribution in [0.1, 0.15) is 28.5 Å². The first-order valence-corrected chi connectivity index (χ1v) is 9.05. The Balaban J connectivity index is 1.67. The van der Waals surface area contributed by atoms with Gasteiger partial charge >= 0.3 is 5.97 Å². The molecule has 2 amide bonds. The fraction of sp³-hybridized carbons (Fsp3) is 0.182. The third-order valence-electron chi connectivity index (χ3n) is 4.34. The Bertz CT molecular complexity index is 1110. The molecule has 29 heavy (non-hydrogen) atoms. The fourth-order valence-electron chi connectivity index (χ4n) is 3.11. The molecule has 0 aliphatic heterocycles. The normalized spacial score (nSPS) is 10.4. The van der Waals surface area contributed by atoms with Crippen molar-refractivity contribution in [2.75, 3.05) is 17.2 Å². The maximum absolute atomic E-state index is 12.6. The second-order valence-corrected chi connectivity index (χ2v) is 6.60. The highest BCUT2D eigenvalue weighted by Gasteiger charge is 2.18. The number of fused-ring (bicyclic) bond motifs is 1. The van der Waals surface area contributed by atoms with E-state index in [-0.39, 0.29) is 5.91 Å². The Morgan fingerprint density at radius 1 is 0.966 bits per heavy atom. The van der Waals surface area contributed by atoms with Crippen LogP contribution in [0, 0.1) is 13.8 Å². The number of rotatable bonds is 5. The minimum atomic E-state index is -0.597. The van der Waals surface area contributed by atoms with Gasteiger partial charge in [0.15, 0.2) is 6.61 Å². The average molecular weight is 391 g/mol. The molecule has 7 heteroatoms. The molecule has 148 valence electrons. The Morgan fingerprint density at radius 3 is 2.38 bits per heavy atom. The molecule has 0 bridgehead atoms. The predicted molar refractivity (Wildman–Crippen MR) is 111 cm³/mol. The molecule has 0 saturated carbocycles. The van der Waals surface area contributed by atoms with Gasteiger partial charge in [-0.15, -0.1) is 0 Å². The number of esters is 1. The van der Waals surface area contributed by atoms with Gasteiger partial charge in [0.1, 0.15) is 0 Å². The van der Waals surface area contributed by atoms with Crippen molar-refractivity contribution in [3.8, 4) is 0 Å². The summed E-state index contributed by atoms with van der Waals surface area (Å²) in [7, 11) is 0. The molecule has 0 atom stereocenters. The van der Waals surface area contributed by atoms with E-state index < -0.39 is 18.5 Å². The van der Waals surface area contributed by atoms with E-state index in [1.165, 1.54) is 6.92 Å². The van der Waals surface area contributed by atoms with E-state index >= 15 is 0 Å². The first-order chi connectivity index (χ1) is 13.8. The number of carbonyl (C=O) groups excluding carboxylic acids is 3. The van der Waals surface area contributed by atoms with Gasteiger partial charge in [0.05, 0.1) is 16.8 Å². The summed E-state index contributed by atoms with van der Waals surface area (Å²) >= 11 is 0. The molecule has 0 radical (unpaired) electrons. The molecule has 2 aromatic carbocycles. The number of carbonyl (C=O) groups is 3. The number of nitrogens with one attached hydrogen (secondary N) is 2. The van der Waals surface area contributed by atoms with Gasteiger partial charge in [-0.25, -0.2) is 4.79 Å². The van der Waals surface area contributed by atoms with Gasteiger partial charge in [-0.3, -0.25) is 14.6 Å². The molecule has 3 aromatic rings. The molecule has 0 aliphatic rings. The molecule has 0 fully saturated rings. The lowest BCUT2D eigenvalue weighted by Gasteiger charge is -2.12. The molecule has 0 aliphatic carbocycles. The zero-order valence-corrected chi connectivity index (χ0v) is 16.4. The van der Waals surface area contributed by atoms with Gasteiger partial charge < -0.3 is 15.4 Å². The Labute approximate surface area is 168 Å². The van der Waals surface area contributed by atoms with E-state index in [0.717, 1.165) is 16.5 Å². The van der Waals surface area contributed by atoms with Crippen LogP contribution in [0.3, 0.4) is 0 Å². The number of pyridine rings is 1. The highest BCUT2D eigenvalue weighted by Crippen LogP contribution is 2.23. The largest absolute Gasteiger partial charge is 0.452 e. The van der Waals surface area contributed by atoms with Crippen molar-refractivity contribution in [1.29, 1.82) is 0 Å². The summed E-state index contributed by atoms with van der Waals surface area (Å²) in [6, 6.07) is 14.2. The molecule has 2 N–H and O–H groups in total. The van der Waals surface area contributed by atoms with Gasteiger partial charge in [-0.1, -0.05) is 24.3 Å². The number of aromatic nitrogens is 1. The lowest BCUT2D eigenvalue weighted by Crippen LogP contribution is -2.22. The first-order valence-electron chi connectivity index (χ1n) is 9.05. The smallest absolute Gasteiger partial charge is 0.340 e. The van der Waals surface area contributed by atoms with E-state index in [1.54, 1.807) is 31.2 Å². The second kappa shape index (κ2) is 8.52. The number of aryl methyl sites for hydroxylation is 2. The molecular formula is C22H21N3O4. The fourth-order valence-corrected chi connectivity index (χ4v) is 3.11. The van der Waals surface area contributed by atoms with Crippen LogP contribution in [0.2, 0.25) is 0 Å². The molecule has 3 rings (SSSR count). The molecule has 1 heterocycles. The van der Waals surface area contributed by atoms with Crippen LogP contribution >= 0.6 is 0 Å². The number of anilines is 2. The minimum absolute atomic E-state index is 0.211. The van der Waals surface area contributed by atoms with Crippen molar-refractivity contribution in [2.45, 2.75) is 20.8 Å². The van der Waals surface area contributed by atoms with E-state index in [2.05, 4.69) is 15.6 Å². The van der Waals surface area contributed by atoms with Crippen molar-refractivity contribution in [3.63, 3.8) is 0 Å². The van der Waals surface area contributed by atoms with Crippen LogP contribution in [-0.4, -0.2) is 29.4 Å². The van der Waals surface area contributed by atoms with E-state index in [1.807, 2.05) is 31.2 Å². The maximum atomic E-state index is 12.6. The highest BCUT2D eigenvalue weighted by atomic mass is 16.5. The van der Waals surface area contributed by atoms with Crippen molar-refractivity contribution >= 4 is 40.1 Å². The summed E-state index contributed by atoms with van der Waals surface area (Å²) in [5.41, 5.74) is 3.52. The summed E-state index contributed by atoms with van der Waals surface area (Å²) < 4.78 is 5.21.